The summed E-state index contributed by atoms with van der Waals surface area (Å²) < 4.78 is 0. The van der Waals surface area contributed by atoms with Gasteiger partial charge in [-0.25, -0.2) is 0 Å². The van der Waals surface area contributed by atoms with Crippen molar-refractivity contribution in [1.29, 1.82) is 0 Å². The third-order valence-electron chi connectivity index (χ3n) is 3.76. The lowest BCUT2D eigenvalue weighted by Crippen LogP contribution is -2.35. The standard InChI is InChI=1S/C14H16O4/c15-13(16)11-7-6-10(8-12(11)14(17)18)9-4-2-1-3-5-9/h1-5,10-12H,6-8H2,(H,15,16)(H,17,18)/t10-,11+,12-/m1/s1. The first kappa shape index (κ1) is 12.6. The van der Waals surface area contributed by atoms with Crippen LogP contribution in [0.1, 0.15) is 30.7 Å². The van der Waals surface area contributed by atoms with Gasteiger partial charge in [-0.1, -0.05) is 30.3 Å². The number of carboxylic acid groups (broad SMARTS) is 2. The Kier molecular flexibility index (Phi) is 3.65. The molecule has 0 heterocycles. The smallest absolute Gasteiger partial charge is 0.307 e. The predicted octanol–water partition coefficient (Wildman–Crippen LogP) is 2.36. The summed E-state index contributed by atoms with van der Waals surface area (Å²) in [5.41, 5.74) is 1.10. The van der Waals surface area contributed by atoms with Crippen molar-refractivity contribution >= 4 is 11.9 Å². The Bertz CT molecular complexity index is 440. The molecule has 4 nitrogen and oxygen atoms in total. The first-order chi connectivity index (χ1) is 8.59. The summed E-state index contributed by atoms with van der Waals surface area (Å²) in [7, 11) is 0. The van der Waals surface area contributed by atoms with Crippen LogP contribution in [-0.2, 0) is 9.59 Å². The van der Waals surface area contributed by atoms with Crippen molar-refractivity contribution in [3.05, 3.63) is 35.9 Å². The third kappa shape index (κ3) is 2.53. The summed E-state index contributed by atoms with van der Waals surface area (Å²) in [5.74, 6) is -3.36. The summed E-state index contributed by atoms with van der Waals surface area (Å²) >= 11 is 0. The van der Waals surface area contributed by atoms with Crippen LogP contribution in [-0.4, -0.2) is 22.2 Å². The molecule has 1 aliphatic carbocycles. The maximum atomic E-state index is 11.2. The molecule has 1 fully saturated rings. The van der Waals surface area contributed by atoms with Gasteiger partial charge in [-0.3, -0.25) is 9.59 Å². The lowest BCUT2D eigenvalue weighted by atomic mass is 9.72. The fraction of sp³-hybridized carbons (Fsp3) is 0.429. The van der Waals surface area contributed by atoms with Crippen LogP contribution in [0.5, 0.6) is 0 Å². The fourth-order valence-corrected chi connectivity index (χ4v) is 2.77. The Labute approximate surface area is 105 Å². The van der Waals surface area contributed by atoms with Gasteiger partial charge < -0.3 is 10.2 Å². The lowest BCUT2D eigenvalue weighted by Gasteiger charge is -2.31. The minimum Gasteiger partial charge on any atom is -0.481 e. The van der Waals surface area contributed by atoms with Gasteiger partial charge in [0.1, 0.15) is 0 Å². The average molecular weight is 248 g/mol. The van der Waals surface area contributed by atoms with Gasteiger partial charge in [0, 0.05) is 0 Å². The van der Waals surface area contributed by atoms with Crippen LogP contribution in [0.25, 0.3) is 0 Å². The molecule has 0 amide bonds. The van der Waals surface area contributed by atoms with E-state index in [-0.39, 0.29) is 5.92 Å². The number of benzene rings is 1. The van der Waals surface area contributed by atoms with Gasteiger partial charge in [0.25, 0.3) is 0 Å². The minimum absolute atomic E-state index is 0.155. The van der Waals surface area contributed by atoms with Crippen molar-refractivity contribution in [2.75, 3.05) is 0 Å². The van der Waals surface area contributed by atoms with E-state index in [1.54, 1.807) is 0 Å². The van der Waals surface area contributed by atoms with E-state index < -0.39 is 23.8 Å². The van der Waals surface area contributed by atoms with Crippen LogP contribution >= 0.6 is 0 Å². The van der Waals surface area contributed by atoms with Crippen LogP contribution in [0.15, 0.2) is 30.3 Å². The summed E-state index contributed by atoms with van der Waals surface area (Å²) in [4.78, 5) is 22.2. The molecule has 0 aromatic heterocycles. The normalized spacial score (nSPS) is 27.7. The molecule has 0 spiro atoms. The Morgan fingerprint density at radius 1 is 0.944 bits per heavy atom. The Balaban J connectivity index is 2.16. The van der Waals surface area contributed by atoms with Gasteiger partial charge in [0.2, 0.25) is 0 Å². The van der Waals surface area contributed by atoms with E-state index in [0.717, 1.165) is 12.0 Å². The molecule has 4 heteroatoms. The van der Waals surface area contributed by atoms with Gasteiger partial charge >= 0.3 is 11.9 Å². The van der Waals surface area contributed by atoms with E-state index in [1.165, 1.54) is 0 Å². The Morgan fingerprint density at radius 2 is 1.56 bits per heavy atom. The van der Waals surface area contributed by atoms with Crippen LogP contribution in [0, 0.1) is 11.8 Å². The molecule has 0 radical (unpaired) electrons. The maximum absolute atomic E-state index is 11.2. The molecule has 2 rings (SSSR count). The second-order valence-electron chi connectivity index (χ2n) is 4.81. The molecule has 0 unspecified atom stereocenters. The summed E-state index contributed by atoms with van der Waals surface area (Å²) in [6, 6.07) is 9.72. The van der Waals surface area contributed by atoms with Crippen LogP contribution in [0.4, 0.5) is 0 Å². The maximum Gasteiger partial charge on any atom is 0.307 e. The van der Waals surface area contributed by atoms with Crippen molar-refractivity contribution < 1.29 is 19.8 Å². The number of aliphatic carboxylic acids is 2. The van der Waals surface area contributed by atoms with E-state index in [1.807, 2.05) is 30.3 Å². The second kappa shape index (κ2) is 5.21. The van der Waals surface area contributed by atoms with Crippen molar-refractivity contribution in [3.8, 4) is 0 Å². The van der Waals surface area contributed by atoms with Gasteiger partial charge in [0.05, 0.1) is 11.8 Å². The number of rotatable bonds is 3. The van der Waals surface area contributed by atoms with Crippen molar-refractivity contribution in [1.82, 2.24) is 0 Å². The van der Waals surface area contributed by atoms with Crippen LogP contribution in [0.3, 0.4) is 0 Å². The minimum atomic E-state index is -0.997. The average Bonchev–Trinajstić information content (AvgIpc) is 2.39. The Morgan fingerprint density at radius 3 is 2.11 bits per heavy atom. The number of hydrogen-bond acceptors (Lipinski definition) is 2. The number of hydrogen-bond donors (Lipinski definition) is 2. The molecule has 0 saturated heterocycles. The zero-order chi connectivity index (χ0) is 13.1. The van der Waals surface area contributed by atoms with E-state index in [9.17, 15) is 9.59 Å². The Hall–Kier alpha value is -1.84. The highest BCUT2D eigenvalue weighted by Crippen LogP contribution is 2.39. The number of carbonyl (C=O) groups is 2. The third-order valence-corrected chi connectivity index (χ3v) is 3.76. The first-order valence-corrected chi connectivity index (χ1v) is 6.10. The van der Waals surface area contributed by atoms with E-state index in [2.05, 4.69) is 0 Å². The molecular weight excluding hydrogens is 232 g/mol. The van der Waals surface area contributed by atoms with Gasteiger partial charge in [-0.2, -0.15) is 0 Å². The predicted molar refractivity (Wildman–Crippen MR) is 65.3 cm³/mol. The quantitative estimate of drug-likeness (QED) is 0.861. The molecular formula is C14H16O4. The zero-order valence-corrected chi connectivity index (χ0v) is 9.95. The van der Waals surface area contributed by atoms with E-state index in [0.29, 0.717) is 12.8 Å². The van der Waals surface area contributed by atoms with Crippen molar-refractivity contribution in [2.24, 2.45) is 11.8 Å². The van der Waals surface area contributed by atoms with Crippen LogP contribution < -0.4 is 0 Å². The van der Waals surface area contributed by atoms with Crippen molar-refractivity contribution in [2.45, 2.75) is 25.2 Å². The van der Waals surface area contributed by atoms with E-state index in [4.69, 9.17) is 10.2 Å². The molecule has 0 bridgehead atoms. The summed E-state index contributed by atoms with van der Waals surface area (Å²) in [6.45, 7) is 0. The zero-order valence-electron chi connectivity index (χ0n) is 9.95. The van der Waals surface area contributed by atoms with Crippen LogP contribution in [0.2, 0.25) is 0 Å². The highest BCUT2D eigenvalue weighted by Gasteiger charge is 2.39. The van der Waals surface area contributed by atoms with Gasteiger partial charge in [0.15, 0.2) is 0 Å². The second-order valence-corrected chi connectivity index (χ2v) is 4.81. The molecule has 1 saturated carbocycles. The topological polar surface area (TPSA) is 74.6 Å². The monoisotopic (exact) mass is 248 g/mol. The van der Waals surface area contributed by atoms with Crippen molar-refractivity contribution in [3.63, 3.8) is 0 Å². The summed E-state index contributed by atoms with van der Waals surface area (Å²) in [5, 5.41) is 18.2. The molecule has 1 aromatic carbocycles. The molecule has 1 aliphatic rings. The highest BCUT2D eigenvalue weighted by molar-refractivity contribution is 5.80. The van der Waals surface area contributed by atoms with E-state index >= 15 is 0 Å². The molecule has 96 valence electrons. The SMILES string of the molecule is O=C(O)[C@H]1CC[C@@H](c2ccccc2)C[C@H]1C(=O)O. The fourth-order valence-electron chi connectivity index (χ4n) is 2.77. The molecule has 1 aromatic rings. The number of carboxylic acids is 2. The molecule has 2 N–H and O–H groups in total. The lowest BCUT2D eigenvalue weighted by molar-refractivity contribution is -0.155. The molecule has 0 aliphatic heterocycles. The highest BCUT2D eigenvalue weighted by atomic mass is 16.4. The van der Waals surface area contributed by atoms with Gasteiger partial charge in [-0.15, -0.1) is 0 Å². The molecule has 3 atom stereocenters. The summed E-state index contributed by atoms with van der Waals surface area (Å²) in [6.07, 6.45) is 1.59. The first-order valence-electron chi connectivity index (χ1n) is 6.10. The van der Waals surface area contributed by atoms with Gasteiger partial charge in [-0.05, 0) is 30.7 Å². The largest absolute Gasteiger partial charge is 0.481 e. The molecule has 18 heavy (non-hydrogen) atoms.